The van der Waals surface area contributed by atoms with E-state index in [4.69, 9.17) is 10.0 Å². The van der Waals surface area contributed by atoms with Gasteiger partial charge < -0.3 is 10.0 Å². The lowest BCUT2D eigenvalue weighted by molar-refractivity contribution is 0.425. The van der Waals surface area contributed by atoms with Crippen LogP contribution in [0.5, 0.6) is 0 Å². The molecule has 0 aliphatic heterocycles. The van der Waals surface area contributed by atoms with Gasteiger partial charge in [-0.3, -0.25) is 0 Å². The Bertz CT molecular complexity index is 665. The third-order valence-corrected chi connectivity index (χ3v) is 3.58. The summed E-state index contributed by atoms with van der Waals surface area (Å²) < 4.78 is 0.974. The van der Waals surface area contributed by atoms with Crippen LogP contribution >= 0.6 is 11.3 Å². The lowest BCUT2D eigenvalue weighted by Crippen LogP contribution is -2.28. The summed E-state index contributed by atoms with van der Waals surface area (Å²) in [6.07, 6.45) is 0. The quantitative estimate of drug-likeness (QED) is 0.615. The SMILES string of the molecule is OB(O)c1nc2c(ccc3ccccc32)s1. The van der Waals surface area contributed by atoms with Crippen LogP contribution in [0, 0.1) is 0 Å². The molecule has 0 amide bonds. The Hall–Kier alpha value is -1.43. The summed E-state index contributed by atoms with van der Waals surface area (Å²) in [5.41, 5.74) is 0.839. The zero-order valence-electron chi connectivity index (χ0n) is 8.29. The molecule has 16 heavy (non-hydrogen) atoms. The molecule has 0 saturated heterocycles. The highest BCUT2D eigenvalue weighted by molar-refractivity contribution is 7.27. The van der Waals surface area contributed by atoms with Crippen LogP contribution in [0.3, 0.4) is 0 Å². The average molecular weight is 229 g/mol. The number of benzene rings is 2. The zero-order chi connectivity index (χ0) is 11.1. The first-order valence-electron chi connectivity index (χ1n) is 4.90. The Kier molecular flexibility index (Phi) is 2.17. The van der Waals surface area contributed by atoms with E-state index in [-0.39, 0.29) is 0 Å². The van der Waals surface area contributed by atoms with Crippen LogP contribution in [0.1, 0.15) is 0 Å². The van der Waals surface area contributed by atoms with Gasteiger partial charge >= 0.3 is 7.12 Å². The normalized spacial score (nSPS) is 11.1. The monoisotopic (exact) mass is 229 g/mol. The molecule has 1 aromatic heterocycles. The zero-order valence-corrected chi connectivity index (χ0v) is 9.11. The molecule has 0 unspecified atom stereocenters. The molecule has 3 rings (SSSR count). The van der Waals surface area contributed by atoms with E-state index < -0.39 is 7.12 Å². The van der Waals surface area contributed by atoms with E-state index in [0.29, 0.717) is 4.91 Å². The van der Waals surface area contributed by atoms with E-state index >= 15 is 0 Å². The Morgan fingerprint density at radius 2 is 1.88 bits per heavy atom. The number of hydrogen-bond donors (Lipinski definition) is 2. The Labute approximate surface area is 96.1 Å². The smallest absolute Gasteiger partial charge is 0.422 e. The first-order chi connectivity index (χ1) is 7.75. The minimum absolute atomic E-state index is 0.339. The second kappa shape index (κ2) is 3.55. The van der Waals surface area contributed by atoms with Crippen LogP contribution in [0.15, 0.2) is 36.4 Å². The summed E-state index contributed by atoms with van der Waals surface area (Å²) in [5, 5.41) is 20.4. The van der Waals surface area contributed by atoms with Crippen LogP contribution in [0.25, 0.3) is 21.0 Å². The van der Waals surface area contributed by atoms with Crippen molar-refractivity contribution in [3.8, 4) is 0 Å². The molecule has 2 aromatic carbocycles. The number of rotatable bonds is 1. The van der Waals surface area contributed by atoms with Crippen LogP contribution in [-0.4, -0.2) is 22.2 Å². The highest BCUT2D eigenvalue weighted by atomic mass is 32.1. The molecule has 0 aliphatic rings. The van der Waals surface area contributed by atoms with Gasteiger partial charge in [0.2, 0.25) is 0 Å². The third-order valence-electron chi connectivity index (χ3n) is 2.52. The molecule has 1 heterocycles. The molecule has 0 spiro atoms. The molecular formula is C11H8BNO2S. The average Bonchev–Trinajstić information content (AvgIpc) is 2.73. The molecule has 0 bridgehead atoms. The molecule has 5 heteroatoms. The summed E-state index contributed by atoms with van der Waals surface area (Å²) in [6, 6.07) is 11.9. The van der Waals surface area contributed by atoms with Gasteiger partial charge in [-0.05, 0) is 11.5 Å². The van der Waals surface area contributed by atoms with Crippen LogP contribution < -0.4 is 4.91 Å². The Morgan fingerprint density at radius 3 is 2.69 bits per heavy atom. The molecule has 3 nitrogen and oxygen atoms in total. The maximum Gasteiger partial charge on any atom is 0.519 e. The Morgan fingerprint density at radius 1 is 1.06 bits per heavy atom. The van der Waals surface area contributed by atoms with Gasteiger partial charge in [-0.2, -0.15) is 0 Å². The van der Waals surface area contributed by atoms with E-state index in [9.17, 15) is 0 Å². The summed E-state index contributed by atoms with van der Waals surface area (Å²) in [6.45, 7) is 0. The predicted octanol–water partition coefficient (Wildman–Crippen LogP) is 1.13. The standard InChI is InChI=1S/C11H8BNO2S/c14-12(15)11-13-10-8-4-2-1-3-7(8)5-6-9(10)16-11/h1-6,14-15H. The molecule has 3 aromatic rings. The number of hydrogen-bond acceptors (Lipinski definition) is 4. The van der Waals surface area contributed by atoms with E-state index in [1.165, 1.54) is 11.3 Å². The van der Waals surface area contributed by atoms with Gasteiger partial charge in [-0.1, -0.05) is 30.3 Å². The van der Waals surface area contributed by atoms with E-state index in [2.05, 4.69) is 4.98 Å². The van der Waals surface area contributed by atoms with Gasteiger partial charge in [0.25, 0.3) is 0 Å². The van der Waals surface area contributed by atoms with E-state index in [1.807, 2.05) is 36.4 Å². The number of nitrogens with zero attached hydrogens (tertiary/aromatic N) is 1. The second-order valence-electron chi connectivity index (χ2n) is 3.56. The van der Waals surface area contributed by atoms with Crippen molar-refractivity contribution in [2.45, 2.75) is 0 Å². The van der Waals surface area contributed by atoms with Crippen molar-refractivity contribution in [2.24, 2.45) is 0 Å². The highest BCUT2D eigenvalue weighted by Gasteiger charge is 2.17. The van der Waals surface area contributed by atoms with Crippen molar-refractivity contribution in [3.63, 3.8) is 0 Å². The van der Waals surface area contributed by atoms with Crippen molar-refractivity contribution >= 4 is 44.4 Å². The highest BCUT2D eigenvalue weighted by Crippen LogP contribution is 2.25. The van der Waals surface area contributed by atoms with E-state index in [0.717, 1.165) is 21.0 Å². The number of aromatic nitrogens is 1. The summed E-state index contributed by atoms with van der Waals surface area (Å²) in [5.74, 6) is 0. The maximum absolute atomic E-state index is 9.10. The van der Waals surface area contributed by atoms with Gasteiger partial charge in [0, 0.05) is 5.39 Å². The Balaban J connectivity index is 2.41. The molecule has 0 atom stereocenters. The van der Waals surface area contributed by atoms with Crippen molar-refractivity contribution in [1.29, 1.82) is 0 Å². The van der Waals surface area contributed by atoms with Crippen LogP contribution in [0.4, 0.5) is 0 Å². The van der Waals surface area contributed by atoms with Gasteiger partial charge in [0.05, 0.1) is 10.2 Å². The third kappa shape index (κ3) is 1.41. The van der Waals surface area contributed by atoms with Crippen molar-refractivity contribution in [2.75, 3.05) is 0 Å². The molecule has 2 N–H and O–H groups in total. The fraction of sp³-hybridized carbons (Fsp3) is 0. The van der Waals surface area contributed by atoms with Gasteiger partial charge in [0.15, 0.2) is 0 Å². The van der Waals surface area contributed by atoms with Crippen LogP contribution in [0.2, 0.25) is 0 Å². The molecule has 0 aliphatic carbocycles. The first-order valence-corrected chi connectivity index (χ1v) is 5.72. The number of thiazole rings is 1. The second-order valence-corrected chi connectivity index (χ2v) is 4.62. The van der Waals surface area contributed by atoms with Crippen molar-refractivity contribution in [3.05, 3.63) is 36.4 Å². The van der Waals surface area contributed by atoms with Crippen LogP contribution in [-0.2, 0) is 0 Å². The predicted molar refractivity (Wildman–Crippen MR) is 67.0 cm³/mol. The maximum atomic E-state index is 9.10. The molecule has 0 radical (unpaired) electrons. The topological polar surface area (TPSA) is 53.4 Å². The minimum Gasteiger partial charge on any atom is -0.422 e. The van der Waals surface area contributed by atoms with Crippen molar-refractivity contribution in [1.82, 2.24) is 4.98 Å². The van der Waals surface area contributed by atoms with Gasteiger partial charge in [0.1, 0.15) is 4.91 Å². The summed E-state index contributed by atoms with van der Waals surface area (Å²) in [7, 11) is -1.49. The lowest BCUT2D eigenvalue weighted by Gasteiger charge is -1.96. The van der Waals surface area contributed by atoms with E-state index in [1.54, 1.807) is 0 Å². The lowest BCUT2D eigenvalue weighted by atomic mass is 9.94. The molecule has 78 valence electrons. The largest absolute Gasteiger partial charge is 0.519 e. The number of fused-ring (bicyclic) bond motifs is 3. The first kappa shape index (κ1) is 9.78. The minimum atomic E-state index is -1.49. The fourth-order valence-corrected chi connectivity index (χ4v) is 2.64. The van der Waals surface area contributed by atoms with Crippen molar-refractivity contribution < 1.29 is 10.0 Å². The fourth-order valence-electron chi connectivity index (χ4n) is 1.79. The van der Waals surface area contributed by atoms with Gasteiger partial charge in [-0.25, -0.2) is 4.98 Å². The molecular weight excluding hydrogens is 221 g/mol. The summed E-state index contributed by atoms with van der Waals surface area (Å²) in [4.78, 5) is 4.60. The molecule has 0 saturated carbocycles. The molecule has 0 fully saturated rings. The van der Waals surface area contributed by atoms with Gasteiger partial charge in [-0.15, -0.1) is 11.3 Å². The summed E-state index contributed by atoms with van der Waals surface area (Å²) >= 11 is 1.31.